The van der Waals surface area contributed by atoms with E-state index in [0.717, 1.165) is 15.1 Å². The van der Waals surface area contributed by atoms with E-state index in [1.807, 2.05) is 0 Å². The van der Waals surface area contributed by atoms with Gasteiger partial charge in [0.1, 0.15) is 18.0 Å². The molecule has 2 aromatic rings. The highest BCUT2D eigenvalue weighted by Gasteiger charge is 2.00. The van der Waals surface area contributed by atoms with Crippen molar-refractivity contribution in [3.63, 3.8) is 0 Å². The van der Waals surface area contributed by atoms with E-state index in [1.54, 1.807) is 18.3 Å². The number of hydrogen-bond acceptors (Lipinski definition) is 3. The molecule has 0 aliphatic carbocycles. The standard InChI is InChI=1S/C10H7FIN3/c11-7-1-3-8(4-2-7)15-10-9(12)5-13-6-14-10/h1-6H,(H,13,14,15). The monoisotopic (exact) mass is 315 g/mol. The van der Waals surface area contributed by atoms with Gasteiger partial charge in [-0.25, -0.2) is 14.4 Å². The molecule has 0 fully saturated rings. The second-order valence-corrected chi connectivity index (χ2v) is 4.01. The van der Waals surface area contributed by atoms with Gasteiger partial charge in [0, 0.05) is 11.9 Å². The largest absolute Gasteiger partial charge is 0.339 e. The van der Waals surface area contributed by atoms with Crippen LogP contribution in [0.25, 0.3) is 0 Å². The molecule has 0 aliphatic rings. The van der Waals surface area contributed by atoms with Crippen molar-refractivity contribution < 1.29 is 4.39 Å². The summed E-state index contributed by atoms with van der Waals surface area (Å²) in [4.78, 5) is 7.95. The van der Waals surface area contributed by atoms with Crippen LogP contribution < -0.4 is 5.32 Å². The van der Waals surface area contributed by atoms with Crippen LogP contribution in [0.3, 0.4) is 0 Å². The molecule has 3 nitrogen and oxygen atoms in total. The molecule has 0 radical (unpaired) electrons. The molecular weight excluding hydrogens is 308 g/mol. The fraction of sp³-hybridized carbons (Fsp3) is 0. The summed E-state index contributed by atoms with van der Waals surface area (Å²) >= 11 is 2.13. The predicted molar refractivity (Wildman–Crippen MR) is 64.4 cm³/mol. The lowest BCUT2D eigenvalue weighted by molar-refractivity contribution is 0.628. The lowest BCUT2D eigenvalue weighted by atomic mass is 10.3. The number of aromatic nitrogens is 2. The average molecular weight is 315 g/mol. The maximum absolute atomic E-state index is 12.6. The summed E-state index contributed by atoms with van der Waals surface area (Å²) in [6.07, 6.45) is 3.17. The van der Waals surface area contributed by atoms with Gasteiger partial charge in [-0.05, 0) is 46.9 Å². The Bertz CT molecular complexity index is 458. The number of benzene rings is 1. The van der Waals surface area contributed by atoms with Crippen molar-refractivity contribution in [2.24, 2.45) is 0 Å². The van der Waals surface area contributed by atoms with E-state index in [0.29, 0.717) is 0 Å². The van der Waals surface area contributed by atoms with Crippen LogP contribution in [0, 0.1) is 9.39 Å². The second kappa shape index (κ2) is 4.52. The molecule has 5 heteroatoms. The second-order valence-electron chi connectivity index (χ2n) is 2.85. The van der Waals surface area contributed by atoms with Crippen molar-refractivity contribution in [2.45, 2.75) is 0 Å². The molecule has 0 bridgehead atoms. The Morgan fingerprint density at radius 2 is 1.93 bits per heavy atom. The van der Waals surface area contributed by atoms with E-state index in [2.05, 4.69) is 37.9 Å². The highest BCUT2D eigenvalue weighted by Crippen LogP contribution is 2.18. The summed E-state index contributed by atoms with van der Waals surface area (Å²) in [5.74, 6) is 0.468. The molecular formula is C10H7FIN3. The van der Waals surface area contributed by atoms with Gasteiger partial charge < -0.3 is 5.32 Å². The number of halogens is 2. The summed E-state index contributed by atoms with van der Waals surface area (Å²) in [5, 5.41) is 3.07. The Labute approximate surface area is 99.9 Å². The zero-order valence-electron chi connectivity index (χ0n) is 7.61. The van der Waals surface area contributed by atoms with Crippen molar-refractivity contribution in [1.29, 1.82) is 0 Å². The molecule has 2 rings (SSSR count). The maximum atomic E-state index is 12.6. The maximum Gasteiger partial charge on any atom is 0.147 e. The molecule has 15 heavy (non-hydrogen) atoms. The van der Waals surface area contributed by atoms with E-state index in [4.69, 9.17) is 0 Å². The highest BCUT2D eigenvalue weighted by atomic mass is 127. The molecule has 0 saturated carbocycles. The van der Waals surface area contributed by atoms with E-state index in [-0.39, 0.29) is 5.82 Å². The Morgan fingerprint density at radius 3 is 2.60 bits per heavy atom. The van der Waals surface area contributed by atoms with Gasteiger partial charge in [0.2, 0.25) is 0 Å². The van der Waals surface area contributed by atoms with Crippen LogP contribution in [0.2, 0.25) is 0 Å². The van der Waals surface area contributed by atoms with Crippen molar-refractivity contribution in [3.8, 4) is 0 Å². The molecule has 1 heterocycles. The number of rotatable bonds is 2. The average Bonchev–Trinajstić information content (AvgIpc) is 2.25. The van der Waals surface area contributed by atoms with Crippen LogP contribution in [-0.2, 0) is 0 Å². The lowest BCUT2D eigenvalue weighted by Gasteiger charge is -2.06. The Kier molecular flexibility index (Phi) is 3.10. The first-order valence-electron chi connectivity index (χ1n) is 4.24. The lowest BCUT2D eigenvalue weighted by Crippen LogP contribution is -1.96. The number of nitrogens with one attached hydrogen (secondary N) is 1. The molecule has 0 aliphatic heterocycles. The van der Waals surface area contributed by atoms with E-state index >= 15 is 0 Å². The molecule has 1 N–H and O–H groups in total. The van der Waals surface area contributed by atoms with Gasteiger partial charge in [-0.2, -0.15) is 0 Å². The first kappa shape index (κ1) is 10.3. The first-order chi connectivity index (χ1) is 7.25. The van der Waals surface area contributed by atoms with Crippen molar-refractivity contribution in [2.75, 3.05) is 5.32 Å². The third-order valence-electron chi connectivity index (χ3n) is 1.77. The summed E-state index contributed by atoms with van der Waals surface area (Å²) in [5.41, 5.74) is 0.799. The van der Waals surface area contributed by atoms with Gasteiger partial charge in [0.25, 0.3) is 0 Å². The van der Waals surface area contributed by atoms with Gasteiger partial charge >= 0.3 is 0 Å². The molecule has 0 atom stereocenters. The van der Waals surface area contributed by atoms with Crippen LogP contribution in [0.4, 0.5) is 15.9 Å². The summed E-state index contributed by atoms with van der Waals surface area (Å²) in [7, 11) is 0. The van der Waals surface area contributed by atoms with Crippen molar-refractivity contribution >= 4 is 34.1 Å². The van der Waals surface area contributed by atoms with Gasteiger partial charge in [-0.15, -0.1) is 0 Å². The van der Waals surface area contributed by atoms with Gasteiger partial charge in [0.05, 0.1) is 3.57 Å². The van der Waals surface area contributed by atoms with Gasteiger partial charge in [0.15, 0.2) is 0 Å². The minimum absolute atomic E-state index is 0.252. The van der Waals surface area contributed by atoms with Gasteiger partial charge in [-0.1, -0.05) is 0 Å². The van der Waals surface area contributed by atoms with Crippen LogP contribution in [-0.4, -0.2) is 9.97 Å². The Morgan fingerprint density at radius 1 is 1.20 bits per heavy atom. The van der Waals surface area contributed by atoms with Crippen molar-refractivity contribution in [1.82, 2.24) is 9.97 Å². The normalized spacial score (nSPS) is 10.0. The molecule has 0 unspecified atom stereocenters. The molecule has 1 aromatic carbocycles. The third kappa shape index (κ3) is 2.62. The number of hydrogen-bond donors (Lipinski definition) is 1. The summed E-state index contributed by atoms with van der Waals surface area (Å²) < 4.78 is 13.6. The predicted octanol–water partition coefficient (Wildman–Crippen LogP) is 2.96. The topological polar surface area (TPSA) is 37.8 Å². The molecule has 76 valence electrons. The fourth-order valence-electron chi connectivity index (χ4n) is 1.07. The third-order valence-corrected chi connectivity index (χ3v) is 2.56. The summed E-state index contributed by atoms with van der Waals surface area (Å²) in [6.45, 7) is 0. The van der Waals surface area contributed by atoms with Crippen LogP contribution in [0.15, 0.2) is 36.8 Å². The quantitative estimate of drug-likeness (QED) is 0.866. The zero-order chi connectivity index (χ0) is 10.7. The van der Waals surface area contributed by atoms with E-state index in [9.17, 15) is 4.39 Å². The fourth-order valence-corrected chi connectivity index (χ4v) is 1.51. The van der Waals surface area contributed by atoms with Crippen LogP contribution >= 0.6 is 22.6 Å². The van der Waals surface area contributed by atoms with Crippen LogP contribution in [0.1, 0.15) is 0 Å². The zero-order valence-corrected chi connectivity index (χ0v) is 9.77. The molecule has 0 amide bonds. The molecule has 1 aromatic heterocycles. The molecule has 0 spiro atoms. The number of nitrogens with zero attached hydrogens (tertiary/aromatic N) is 2. The van der Waals surface area contributed by atoms with E-state index in [1.165, 1.54) is 18.5 Å². The number of anilines is 2. The SMILES string of the molecule is Fc1ccc(Nc2ncncc2I)cc1. The first-order valence-corrected chi connectivity index (χ1v) is 5.31. The van der Waals surface area contributed by atoms with Crippen LogP contribution in [0.5, 0.6) is 0 Å². The van der Waals surface area contributed by atoms with Crippen molar-refractivity contribution in [3.05, 3.63) is 46.2 Å². The smallest absolute Gasteiger partial charge is 0.147 e. The Balaban J connectivity index is 2.22. The van der Waals surface area contributed by atoms with E-state index < -0.39 is 0 Å². The Hall–Kier alpha value is -1.24. The summed E-state index contributed by atoms with van der Waals surface area (Å²) in [6, 6.07) is 6.12. The highest BCUT2D eigenvalue weighted by molar-refractivity contribution is 14.1. The minimum atomic E-state index is -0.252. The minimum Gasteiger partial charge on any atom is -0.339 e. The van der Waals surface area contributed by atoms with Gasteiger partial charge in [-0.3, -0.25) is 0 Å². The molecule has 0 saturated heterocycles.